The SMILES string of the molecule is CC1(C)c2ccccc2-c2ccc(-c3nc(-c4ccc5c(c4)oc4c6c(ccc45)-c4ccccc4C6(C)C)nc(-c4ccccn4)n3)cc21.CC1(C)c2ccccc2-c2ccc(-c3nc(-c4ccccc4)nc(-c4ccc5c(c4)oc4c6c(ccc45)-c4ccccc4C6(C)C)n3)cc21.CC1(C)c2ccccc2-c2ccc3c(oc4cc(-c5nc(-c6ccccc6)nc(-c6ccc7oc8ccccc8c7c6)n5)ccc43)c21. The molecule has 14 nitrogen and oxygen atoms in total. The fraction of sp³-hybridized carbons (Fsp3) is 0.115. The summed E-state index contributed by atoms with van der Waals surface area (Å²) in [7, 11) is 0. The van der Waals surface area contributed by atoms with Crippen LogP contribution in [0.15, 0.2) is 394 Å². The molecule has 0 N–H and O–H groups in total. The van der Waals surface area contributed by atoms with Crippen LogP contribution in [0.4, 0.5) is 0 Å². The van der Waals surface area contributed by atoms with Crippen molar-refractivity contribution in [3.63, 3.8) is 0 Å². The topological polar surface area (TPSA) is 181 Å². The van der Waals surface area contributed by atoms with E-state index in [-0.39, 0.29) is 27.1 Å². The quantitative estimate of drug-likeness (QED) is 0.133. The Hall–Kier alpha value is -17.9. The van der Waals surface area contributed by atoms with Gasteiger partial charge >= 0.3 is 0 Å². The molecule has 30 rings (SSSR count). The van der Waals surface area contributed by atoms with Crippen LogP contribution in [0.2, 0.25) is 0 Å². The van der Waals surface area contributed by atoms with E-state index in [1.807, 2.05) is 109 Å². The second-order valence-corrected chi connectivity index (χ2v) is 41.6. The van der Waals surface area contributed by atoms with Gasteiger partial charge in [-0.05, 0) is 198 Å². The lowest BCUT2D eigenvalue weighted by Crippen LogP contribution is -2.15. The first-order valence-electron chi connectivity index (χ1n) is 49.6. The van der Waals surface area contributed by atoms with E-state index < -0.39 is 0 Å². The van der Waals surface area contributed by atoms with Crippen molar-refractivity contribution in [2.24, 2.45) is 0 Å². The Balaban J connectivity index is 0.000000106. The number of fused-ring (bicyclic) bond motifs is 30. The number of hydrogen-bond donors (Lipinski definition) is 0. The highest BCUT2D eigenvalue weighted by molar-refractivity contribution is 6.14. The Morgan fingerprint density at radius 2 is 0.434 bits per heavy atom. The molecule has 0 radical (unpaired) electrons. The van der Waals surface area contributed by atoms with Crippen LogP contribution in [0.1, 0.15) is 125 Å². The standard InChI is InChI=1S/C45H33N3O.C44H32N4O.C42H27N3O2/c1-44(2)35-16-10-8-14-29(35)31-20-18-27(24-37(31)44)42-46-41(26-12-6-5-7-13-26)47-43(48-42)28-19-21-32-34-23-22-33-30-15-9-11-17-36(30)45(3,4)39(33)40(34)49-38(32)25-28;1-43(2)33-13-7-5-11-27(33)29-18-16-25(23-35(29)43)40-46-41(48-42(47-40)36-15-9-10-22-45-36)26-17-19-30-32-21-20-31-28-12-6-8-14-34(28)44(3,4)38(31)39(32)49-37(30)24-26;1-42(2)33-14-8-6-12-27(33)30-19-20-31-29-18-16-26(23-36(29)47-38(31)37(30)42)41-44-39(24-10-4-3-5-11-24)43-40(45-41)25-17-21-35-32(22-25)28-13-7-9-15-34(28)46-35/h5-25H,1-4H3;5-24H,1-4H3;3-23H,1-2H3. The molecule has 0 aliphatic heterocycles. The minimum Gasteiger partial charge on any atom is -0.456 e. The van der Waals surface area contributed by atoms with Crippen molar-refractivity contribution in [3.05, 3.63) is 432 Å². The summed E-state index contributed by atoms with van der Waals surface area (Å²) in [5, 5.41) is 8.70. The molecule has 17 aromatic carbocycles. The number of aromatic nitrogens is 10. The molecular formula is C131H92N10O4. The van der Waals surface area contributed by atoms with Crippen molar-refractivity contribution in [2.45, 2.75) is 96.3 Å². The van der Waals surface area contributed by atoms with Gasteiger partial charge in [-0.2, -0.15) is 0 Å². The molecule has 0 amide bonds. The molecule has 5 aliphatic rings. The summed E-state index contributed by atoms with van der Waals surface area (Å²) in [6.07, 6.45) is 1.77. The average molecular weight is 1870 g/mol. The molecule has 0 spiro atoms. The van der Waals surface area contributed by atoms with Gasteiger partial charge in [0.25, 0.3) is 0 Å². The summed E-state index contributed by atoms with van der Waals surface area (Å²) in [4.78, 5) is 49.9. The predicted octanol–water partition coefficient (Wildman–Crippen LogP) is 33.1. The van der Waals surface area contributed by atoms with Crippen LogP contribution in [0.25, 0.3) is 246 Å². The van der Waals surface area contributed by atoms with Crippen LogP contribution < -0.4 is 0 Å². The molecule has 0 atom stereocenters. The molecule has 0 saturated carbocycles. The first kappa shape index (κ1) is 85.1. The summed E-state index contributed by atoms with van der Waals surface area (Å²) in [6.45, 7) is 22.9. The molecule has 145 heavy (non-hydrogen) atoms. The number of para-hydroxylation sites is 1. The highest BCUT2D eigenvalue weighted by Gasteiger charge is 2.44. The summed E-state index contributed by atoms with van der Waals surface area (Å²) in [5.41, 5.74) is 39.9. The van der Waals surface area contributed by atoms with E-state index in [9.17, 15) is 0 Å². The normalized spacial score (nSPS) is 14.4. The number of benzene rings is 17. The lowest BCUT2D eigenvalue weighted by Gasteiger charge is -2.21. The zero-order chi connectivity index (χ0) is 97.4. The highest BCUT2D eigenvalue weighted by atomic mass is 16.3. The van der Waals surface area contributed by atoms with Gasteiger partial charge in [-0.1, -0.05) is 336 Å². The highest BCUT2D eigenvalue weighted by Crippen LogP contribution is 2.59. The maximum Gasteiger partial charge on any atom is 0.182 e. The number of hydrogen-bond acceptors (Lipinski definition) is 14. The van der Waals surface area contributed by atoms with Gasteiger partial charge in [0.1, 0.15) is 50.4 Å². The number of nitrogens with zero attached hydrogens (tertiary/aromatic N) is 10. The number of pyridine rings is 1. The van der Waals surface area contributed by atoms with Crippen LogP contribution in [0.5, 0.6) is 0 Å². The maximum atomic E-state index is 6.79. The van der Waals surface area contributed by atoms with E-state index in [0.29, 0.717) is 58.1 Å². The zero-order valence-corrected chi connectivity index (χ0v) is 81.4. The van der Waals surface area contributed by atoms with E-state index in [4.69, 9.17) is 62.5 Å². The third kappa shape index (κ3) is 13.1. The second kappa shape index (κ2) is 31.6. The predicted molar refractivity (Wildman–Crippen MR) is 583 cm³/mol. The van der Waals surface area contributed by atoms with Gasteiger partial charge in [-0.25, -0.2) is 44.9 Å². The molecular weight excluding hydrogens is 1780 g/mol. The van der Waals surface area contributed by atoms with Crippen LogP contribution in [0.3, 0.4) is 0 Å². The van der Waals surface area contributed by atoms with Crippen molar-refractivity contribution in [2.75, 3.05) is 0 Å². The third-order valence-corrected chi connectivity index (χ3v) is 31.4. The van der Waals surface area contributed by atoms with E-state index in [1.54, 1.807) is 6.20 Å². The molecule has 8 heterocycles. The molecule has 0 saturated heterocycles. The minimum atomic E-state index is -0.172. The van der Waals surface area contributed by atoms with E-state index in [0.717, 1.165) is 132 Å². The van der Waals surface area contributed by atoms with Gasteiger partial charge in [0.05, 0.1) is 0 Å². The lowest BCUT2D eigenvalue weighted by molar-refractivity contribution is 0.619. The van der Waals surface area contributed by atoms with Crippen LogP contribution >= 0.6 is 0 Å². The van der Waals surface area contributed by atoms with Gasteiger partial charge in [-0.15, -0.1) is 0 Å². The van der Waals surface area contributed by atoms with Crippen LogP contribution in [-0.4, -0.2) is 49.8 Å². The number of furan rings is 4. The Morgan fingerprint density at radius 1 is 0.166 bits per heavy atom. The van der Waals surface area contributed by atoms with Crippen molar-refractivity contribution in [1.82, 2.24) is 49.8 Å². The molecule has 0 bridgehead atoms. The fourth-order valence-electron chi connectivity index (χ4n) is 24.2. The lowest BCUT2D eigenvalue weighted by atomic mass is 9.82. The summed E-state index contributed by atoms with van der Waals surface area (Å²) in [5.74, 6) is 5.44. The third-order valence-electron chi connectivity index (χ3n) is 31.4. The average Bonchev–Trinajstić information content (AvgIpc) is 1.11. The molecule has 5 aliphatic carbocycles. The zero-order valence-electron chi connectivity index (χ0n) is 81.4. The molecule has 25 aromatic rings. The molecule has 690 valence electrons. The van der Waals surface area contributed by atoms with Crippen LogP contribution in [-0.2, 0) is 27.1 Å². The van der Waals surface area contributed by atoms with Crippen molar-refractivity contribution in [1.29, 1.82) is 0 Å². The van der Waals surface area contributed by atoms with Crippen molar-refractivity contribution in [3.8, 4) is 158 Å². The van der Waals surface area contributed by atoms with Crippen molar-refractivity contribution < 1.29 is 17.7 Å². The summed E-state index contributed by atoms with van der Waals surface area (Å²) in [6, 6.07) is 129. The van der Waals surface area contributed by atoms with E-state index in [1.165, 1.54) is 111 Å². The van der Waals surface area contributed by atoms with Gasteiger partial charge in [-0.3, -0.25) is 4.98 Å². The summed E-state index contributed by atoms with van der Waals surface area (Å²) >= 11 is 0. The smallest absolute Gasteiger partial charge is 0.182 e. The Bertz CT molecular complexity index is 9450. The fourth-order valence-corrected chi connectivity index (χ4v) is 24.2. The first-order valence-corrected chi connectivity index (χ1v) is 49.6. The molecule has 14 heteroatoms. The Kier molecular flexibility index (Phi) is 18.5. The van der Waals surface area contributed by atoms with Gasteiger partial charge in [0.2, 0.25) is 0 Å². The van der Waals surface area contributed by atoms with Crippen molar-refractivity contribution >= 4 is 87.8 Å². The first-order chi connectivity index (χ1) is 70.6. The maximum absolute atomic E-state index is 6.79. The van der Waals surface area contributed by atoms with Gasteiger partial charge in [0, 0.05) is 138 Å². The Morgan fingerprint density at radius 3 is 0.814 bits per heavy atom. The van der Waals surface area contributed by atoms with Gasteiger partial charge in [0.15, 0.2) is 52.4 Å². The molecule has 0 unspecified atom stereocenters. The molecule has 8 aromatic heterocycles. The van der Waals surface area contributed by atoms with Gasteiger partial charge < -0.3 is 17.7 Å². The van der Waals surface area contributed by atoms with E-state index in [2.05, 4.69) is 335 Å². The molecule has 0 fully saturated rings. The monoisotopic (exact) mass is 1870 g/mol. The second-order valence-electron chi connectivity index (χ2n) is 41.6. The van der Waals surface area contributed by atoms with Crippen LogP contribution in [0, 0.1) is 0 Å². The summed E-state index contributed by atoms with van der Waals surface area (Å²) < 4.78 is 26.4. The minimum absolute atomic E-state index is 0.123. The Labute approximate surface area is 836 Å². The van der Waals surface area contributed by atoms with E-state index >= 15 is 0 Å². The largest absolute Gasteiger partial charge is 0.456 e. The number of rotatable bonds is 9.